The summed E-state index contributed by atoms with van der Waals surface area (Å²) >= 11 is 1.93. The molecule has 1 aromatic carbocycles. The summed E-state index contributed by atoms with van der Waals surface area (Å²) < 4.78 is 0. The molecule has 0 aliphatic carbocycles. The molecule has 0 saturated heterocycles. The van der Waals surface area contributed by atoms with Crippen molar-refractivity contribution in [2.24, 2.45) is 5.92 Å². The van der Waals surface area contributed by atoms with Crippen LogP contribution in [0.1, 0.15) is 50.3 Å². The highest BCUT2D eigenvalue weighted by Crippen LogP contribution is 2.39. The molecule has 1 aromatic rings. The van der Waals surface area contributed by atoms with Crippen molar-refractivity contribution in [1.82, 2.24) is 0 Å². The van der Waals surface area contributed by atoms with Gasteiger partial charge in [-0.25, -0.2) is 0 Å². The summed E-state index contributed by atoms with van der Waals surface area (Å²) in [6, 6.07) is 6.78. The lowest BCUT2D eigenvalue weighted by Gasteiger charge is -2.25. The first-order chi connectivity index (χ1) is 7.61. The molecular weight excluding hydrogens is 212 g/mol. The molecule has 1 heterocycles. The van der Waals surface area contributed by atoms with E-state index < -0.39 is 0 Å². The molecule has 16 heavy (non-hydrogen) atoms. The third kappa shape index (κ3) is 2.06. The van der Waals surface area contributed by atoms with Crippen LogP contribution >= 0.6 is 11.8 Å². The lowest BCUT2D eigenvalue weighted by Crippen LogP contribution is -2.06. The van der Waals surface area contributed by atoms with Gasteiger partial charge in [0.15, 0.2) is 0 Å². The summed E-state index contributed by atoms with van der Waals surface area (Å²) in [5.41, 5.74) is 6.09. The second kappa shape index (κ2) is 4.67. The van der Waals surface area contributed by atoms with Crippen molar-refractivity contribution >= 4 is 17.3 Å². The second-order valence-corrected chi connectivity index (χ2v) is 5.93. The summed E-state index contributed by atoms with van der Waals surface area (Å²) in [7, 11) is 0. The molecule has 0 radical (unpaired) electrons. The SMILES string of the molecule is CC(C)C1=CSCc2cccc(C(C)C)c21. The molecule has 0 N–H and O–H groups in total. The van der Waals surface area contributed by atoms with Crippen LogP contribution in [-0.4, -0.2) is 0 Å². The third-order valence-electron chi connectivity index (χ3n) is 3.16. The fourth-order valence-electron chi connectivity index (χ4n) is 2.28. The van der Waals surface area contributed by atoms with E-state index >= 15 is 0 Å². The number of rotatable bonds is 2. The van der Waals surface area contributed by atoms with Gasteiger partial charge in [0.25, 0.3) is 0 Å². The normalized spacial score (nSPS) is 15.2. The van der Waals surface area contributed by atoms with Crippen LogP contribution in [0.25, 0.3) is 5.57 Å². The smallest absolute Gasteiger partial charge is 0.0232 e. The highest BCUT2D eigenvalue weighted by atomic mass is 32.2. The van der Waals surface area contributed by atoms with Crippen molar-refractivity contribution in [3.63, 3.8) is 0 Å². The van der Waals surface area contributed by atoms with Gasteiger partial charge in [-0.15, -0.1) is 11.8 Å². The molecule has 0 fully saturated rings. The van der Waals surface area contributed by atoms with Crippen LogP contribution in [-0.2, 0) is 5.75 Å². The van der Waals surface area contributed by atoms with Crippen LogP contribution < -0.4 is 0 Å². The van der Waals surface area contributed by atoms with E-state index in [-0.39, 0.29) is 0 Å². The summed E-state index contributed by atoms with van der Waals surface area (Å²) in [6.07, 6.45) is 0. The van der Waals surface area contributed by atoms with Gasteiger partial charge in [0.2, 0.25) is 0 Å². The van der Waals surface area contributed by atoms with Gasteiger partial charge in [-0.3, -0.25) is 0 Å². The maximum atomic E-state index is 2.36. The number of fused-ring (bicyclic) bond motifs is 1. The molecule has 0 spiro atoms. The Kier molecular flexibility index (Phi) is 3.44. The quantitative estimate of drug-likeness (QED) is 0.687. The standard InChI is InChI=1S/C15H20S/c1-10(2)13-7-5-6-12-8-16-9-14(11(3)4)15(12)13/h5-7,9-11H,8H2,1-4H3. The molecule has 0 atom stereocenters. The summed E-state index contributed by atoms with van der Waals surface area (Å²) in [5, 5.41) is 2.36. The fraction of sp³-hybridized carbons (Fsp3) is 0.467. The van der Waals surface area contributed by atoms with Crippen molar-refractivity contribution < 1.29 is 0 Å². The molecule has 1 aliphatic heterocycles. The Bertz CT molecular complexity index is 413. The van der Waals surface area contributed by atoms with E-state index in [9.17, 15) is 0 Å². The molecule has 0 bridgehead atoms. The van der Waals surface area contributed by atoms with Crippen LogP contribution in [0.2, 0.25) is 0 Å². The second-order valence-electron chi connectivity index (χ2n) is 5.07. The minimum absolute atomic E-state index is 0.611. The minimum Gasteiger partial charge on any atom is -0.129 e. The number of thioether (sulfide) groups is 1. The van der Waals surface area contributed by atoms with Gasteiger partial charge < -0.3 is 0 Å². The first kappa shape index (κ1) is 11.8. The number of allylic oxidation sites excluding steroid dienone is 1. The first-order valence-corrected chi connectivity index (χ1v) is 7.10. The predicted octanol–water partition coefficient (Wildman–Crippen LogP) is 5.05. The number of benzene rings is 1. The Hall–Kier alpha value is -0.690. The van der Waals surface area contributed by atoms with Gasteiger partial charge in [0.1, 0.15) is 0 Å². The Morgan fingerprint density at radius 1 is 1.06 bits per heavy atom. The minimum atomic E-state index is 0.611. The van der Waals surface area contributed by atoms with Crippen molar-refractivity contribution in [2.45, 2.75) is 39.4 Å². The van der Waals surface area contributed by atoms with E-state index in [0.29, 0.717) is 11.8 Å². The zero-order chi connectivity index (χ0) is 11.7. The summed E-state index contributed by atoms with van der Waals surface area (Å²) in [6.45, 7) is 9.15. The van der Waals surface area contributed by atoms with Gasteiger partial charge in [0.05, 0.1) is 0 Å². The lowest BCUT2D eigenvalue weighted by atomic mass is 9.85. The monoisotopic (exact) mass is 232 g/mol. The van der Waals surface area contributed by atoms with Crippen LogP contribution in [0.15, 0.2) is 23.6 Å². The number of hydrogen-bond acceptors (Lipinski definition) is 1. The topological polar surface area (TPSA) is 0 Å². The largest absolute Gasteiger partial charge is 0.129 e. The Labute approximate surface area is 103 Å². The van der Waals surface area contributed by atoms with E-state index in [1.165, 1.54) is 22.3 Å². The molecule has 0 saturated carbocycles. The highest BCUT2D eigenvalue weighted by molar-refractivity contribution is 8.01. The zero-order valence-electron chi connectivity index (χ0n) is 10.6. The predicted molar refractivity (Wildman–Crippen MR) is 74.6 cm³/mol. The van der Waals surface area contributed by atoms with Gasteiger partial charge in [-0.05, 0) is 39.5 Å². The fourth-order valence-corrected chi connectivity index (χ4v) is 3.35. The van der Waals surface area contributed by atoms with Gasteiger partial charge in [-0.2, -0.15) is 0 Å². The van der Waals surface area contributed by atoms with E-state index in [2.05, 4.69) is 51.3 Å². The zero-order valence-corrected chi connectivity index (χ0v) is 11.4. The van der Waals surface area contributed by atoms with Crippen molar-refractivity contribution in [3.05, 3.63) is 40.3 Å². The van der Waals surface area contributed by atoms with E-state index in [1.807, 2.05) is 11.8 Å². The average molecular weight is 232 g/mol. The van der Waals surface area contributed by atoms with E-state index in [4.69, 9.17) is 0 Å². The van der Waals surface area contributed by atoms with Gasteiger partial charge in [-0.1, -0.05) is 45.9 Å². The molecule has 0 aromatic heterocycles. The van der Waals surface area contributed by atoms with Gasteiger partial charge in [0, 0.05) is 5.75 Å². The van der Waals surface area contributed by atoms with Crippen LogP contribution in [0.5, 0.6) is 0 Å². The first-order valence-electron chi connectivity index (χ1n) is 6.05. The summed E-state index contributed by atoms with van der Waals surface area (Å²) in [5.74, 6) is 2.36. The number of hydrogen-bond donors (Lipinski definition) is 0. The molecule has 1 aliphatic rings. The molecule has 86 valence electrons. The van der Waals surface area contributed by atoms with Crippen molar-refractivity contribution in [2.75, 3.05) is 0 Å². The van der Waals surface area contributed by atoms with Crippen LogP contribution in [0, 0.1) is 5.92 Å². The van der Waals surface area contributed by atoms with Crippen molar-refractivity contribution in [3.8, 4) is 0 Å². The van der Waals surface area contributed by atoms with Gasteiger partial charge >= 0.3 is 0 Å². The molecule has 2 rings (SSSR count). The Morgan fingerprint density at radius 3 is 2.44 bits per heavy atom. The lowest BCUT2D eigenvalue weighted by molar-refractivity contribution is 0.826. The Morgan fingerprint density at radius 2 is 1.81 bits per heavy atom. The molecule has 0 amide bonds. The molecular formula is C15H20S. The van der Waals surface area contributed by atoms with Crippen molar-refractivity contribution in [1.29, 1.82) is 0 Å². The third-order valence-corrected chi connectivity index (χ3v) is 4.06. The maximum Gasteiger partial charge on any atom is 0.0232 e. The molecule has 0 nitrogen and oxygen atoms in total. The molecule has 1 heteroatoms. The summed E-state index contributed by atoms with van der Waals surface area (Å²) in [4.78, 5) is 0. The maximum absolute atomic E-state index is 2.36. The average Bonchev–Trinajstić information content (AvgIpc) is 2.27. The Balaban J connectivity index is 2.59. The van der Waals surface area contributed by atoms with Crippen LogP contribution in [0.3, 0.4) is 0 Å². The highest BCUT2D eigenvalue weighted by Gasteiger charge is 2.19. The van der Waals surface area contributed by atoms with E-state index in [0.717, 1.165) is 5.75 Å². The molecule has 0 unspecified atom stereocenters. The van der Waals surface area contributed by atoms with E-state index in [1.54, 1.807) is 0 Å². The van der Waals surface area contributed by atoms with Crippen LogP contribution in [0.4, 0.5) is 0 Å².